The van der Waals surface area contributed by atoms with Crippen molar-refractivity contribution in [2.45, 2.75) is 33.4 Å². The standard InChI is InChI=1S/C13H21N3O/c1-5-16(4)13(17)11(3)15-9-12-6-10(2)7-14-8-12/h6-8,11,15H,5,9H2,1-4H3. The molecule has 0 saturated carbocycles. The Balaban J connectivity index is 2.48. The van der Waals surface area contributed by atoms with Gasteiger partial charge < -0.3 is 10.2 Å². The molecule has 0 aliphatic carbocycles. The molecule has 1 aromatic heterocycles. The molecule has 0 aliphatic heterocycles. The molecule has 4 heteroatoms. The molecule has 4 nitrogen and oxygen atoms in total. The van der Waals surface area contributed by atoms with E-state index in [9.17, 15) is 4.79 Å². The number of likely N-dealkylation sites (N-methyl/N-ethyl adjacent to an activating group) is 1. The second-order valence-corrected chi connectivity index (χ2v) is 4.33. The van der Waals surface area contributed by atoms with Gasteiger partial charge in [0.1, 0.15) is 0 Å². The van der Waals surface area contributed by atoms with Crippen LogP contribution in [0.1, 0.15) is 25.0 Å². The molecule has 1 aromatic rings. The van der Waals surface area contributed by atoms with Gasteiger partial charge in [-0.3, -0.25) is 9.78 Å². The molecule has 0 radical (unpaired) electrons. The maximum absolute atomic E-state index is 11.8. The molecule has 0 aliphatic rings. The third-order valence-electron chi connectivity index (χ3n) is 2.76. The van der Waals surface area contributed by atoms with Crippen LogP contribution >= 0.6 is 0 Å². The third kappa shape index (κ3) is 4.15. The number of pyridine rings is 1. The molecule has 0 spiro atoms. The maximum atomic E-state index is 11.8. The van der Waals surface area contributed by atoms with Gasteiger partial charge in [0.25, 0.3) is 0 Å². The van der Waals surface area contributed by atoms with Crippen LogP contribution in [0.5, 0.6) is 0 Å². The van der Waals surface area contributed by atoms with Crippen molar-refractivity contribution in [3.05, 3.63) is 29.6 Å². The Morgan fingerprint density at radius 3 is 2.82 bits per heavy atom. The van der Waals surface area contributed by atoms with Crippen molar-refractivity contribution in [2.75, 3.05) is 13.6 Å². The second kappa shape index (κ2) is 6.35. The number of hydrogen-bond donors (Lipinski definition) is 1. The van der Waals surface area contributed by atoms with Crippen molar-refractivity contribution in [1.82, 2.24) is 15.2 Å². The van der Waals surface area contributed by atoms with Gasteiger partial charge in [-0.15, -0.1) is 0 Å². The molecule has 1 amide bonds. The molecule has 1 heterocycles. The Bertz CT molecular complexity index is 379. The van der Waals surface area contributed by atoms with E-state index in [1.54, 1.807) is 4.90 Å². The normalized spacial score (nSPS) is 12.2. The Hall–Kier alpha value is -1.42. The molecule has 0 fully saturated rings. The molecule has 94 valence electrons. The summed E-state index contributed by atoms with van der Waals surface area (Å²) in [5.41, 5.74) is 2.23. The summed E-state index contributed by atoms with van der Waals surface area (Å²) >= 11 is 0. The number of rotatable bonds is 5. The van der Waals surface area contributed by atoms with Crippen LogP contribution in [0.15, 0.2) is 18.5 Å². The Morgan fingerprint density at radius 1 is 1.53 bits per heavy atom. The molecule has 0 bridgehead atoms. The van der Waals surface area contributed by atoms with E-state index >= 15 is 0 Å². The highest BCUT2D eigenvalue weighted by atomic mass is 16.2. The van der Waals surface area contributed by atoms with E-state index in [0.29, 0.717) is 6.54 Å². The van der Waals surface area contributed by atoms with Crippen LogP contribution < -0.4 is 5.32 Å². The van der Waals surface area contributed by atoms with Gasteiger partial charge in [-0.05, 0) is 31.9 Å². The highest BCUT2D eigenvalue weighted by Crippen LogP contribution is 2.01. The first-order valence-corrected chi connectivity index (χ1v) is 5.93. The summed E-state index contributed by atoms with van der Waals surface area (Å²) in [6.07, 6.45) is 3.64. The average molecular weight is 235 g/mol. The molecule has 1 rings (SSSR count). The number of nitrogens with one attached hydrogen (secondary N) is 1. The van der Waals surface area contributed by atoms with Gasteiger partial charge in [0.2, 0.25) is 5.91 Å². The van der Waals surface area contributed by atoms with E-state index in [0.717, 1.165) is 17.7 Å². The predicted molar refractivity (Wildman–Crippen MR) is 68.6 cm³/mol. The van der Waals surface area contributed by atoms with Crippen LogP contribution in [0.3, 0.4) is 0 Å². The number of amides is 1. The predicted octanol–water partition coefficient (Wildman–Crippen LogP) is 1.35. The fraction of sp³-hybridized carbons (Fsp3) is 0.538. The molecule has 0 saturated heterocycles. The molecule has 1 unspecified atom stereocenters. The molecular formula is C13H21N3O. The van der Waals surface area contributed by atoms with E-state index in [1.165, 1.54) is 0 Å². The second-order valence-electron chi connectivity index (χ2n) is 4.33. The first-order valence-electron chi connectivity index (χ1n) is 5.93. The lowest BCUT2D eigenvalue weighted by molar-refractivity contribution is -0.131. The fourth-order valence-corrected chi connectivity index (χ4v) is 1.56. The monoisotopic (exact) mass is 235 g/mol. The van der Waals surface area contributed by atoms with Crippen LogP contribution in [0.4, 0.5) is 0 Å². The lowest BCUT2D eigenvalue weighted by Crippen LogP contribution is -2.42. The van der Waals surface area contributed by atoms with E-state index in [-0.39, 0.29) is 11.9 Å². The molecule has 0 aromatic carbocycles. The zero-order valence-corrected chi connectivity index (χ0v) is 11.0. The van der Waals surface area contributed by atoms with Gasteiger partial charge in [0.15, 0.2) is 0 Å². The van der Waals surface area contributed by atoms with Crippen molar-refractivity contribution in [3.8, 4) is 0 Å². The van der Waals surface area contributed by atoms with Gasteiger partial charge in [-0.2, -0.15) is 0 Å². The lowest BCUT2D eigenvalue weighted by atomic mass is 10.2. The van der Waals surface area contributed by atoms with E-state index in [2.05, 4.69) is 16.4 Å². The highest BCUT2D eigenvalue weighted by molar-refractivity contribution is 5.81. The van der Waals surface area contributed by atoms with Gasteiger partial charge in [0, 0.05) is 32.5 Å². The number of aromatic nitrogens is 1. The van der Waals surface area contributed by atoms with Crippen molar-refractivity contribution < 1.29 is 4.79 Å². The van der Waals surface area contributed by atoms with E-state index < -0.39 is 0 Å². The summed E-state index contributed by atoms with van der Waals surface area (Å²) < 4.78 is 0. The number of aryl methyl sites for hydroxylation is 1. The van der Waals surface area contributed by atoms with Gasteiger partial charge in [0.05, 0.1) is 6.04 Å². The van der Waals surface area contributed by atoms with Gasteiger partial charge >= 0.3 is 0 Å². The largest absolute Gasteiger partial charge is 0.345 e. The Morgan fingerprint density at radius 2 is 2.24 bits per heavy atom. The molecule has 1 atom stereocenters. The van der Waals surface area contributed by atoms with Crippen molar-refractivity contribution in [3.63, 3.8) is 0 Å². The number of hydrogen-bond acceptors (Lipinski definition) is 3. The summed E-state index contributed by atoms with van der Waals surface area (Å²) in [5, 5.41) is 3.21. The van der Waals surface area contributed by atoms with E-state index in [4.69, 9.17) is 0 Å². The minimum absolute atomic E-state index is 0.119. The first kappa shape index (κ1) is 13.6. The molecular weight excluding hydrogens is 214 g/mol. The Kier molecular flexibility index (Phi) is 5.10. The van der Waals surface area contributed by atoms with E-state index in [1.807, 2.05) is 40.2 Å². The van der Waals surface area contributed by atoms with Crippen LogP contribution in [-0.4, -0.2) is 35.4 Å². The smallest absolute Gasteiger partial charge is 0.239 e. The summed E-state index contributed by atoms with van der Waals surface area (Å²) in [6, 6.07) is 1.90. The summed E-state index contributed by atoms with van der Waals surface area (Å²) in [4.78, 5) is 17.6. The van der Waals surface area contributed by atoms with Crippen LogP contribution in [0.25, 0.3) is 0 Å². The Labute approximate surface area is 103 Å². The molecule has 17 heavy (non-hydrogen) atoms. The zero-order valence-electron chi connectivity index (χ0n) is 11.0. The quantitative estimate of drug-likeness (QED) is 0.838. The van der Waals surface area contributed by atoms with Gasteiger partial charge in [-0.1, -0.05) is 6.07 Å². The summed E-state index contributed by atoms with van der Waals surface area (Å²) in [7, 11) is 1.81. The minimum atomic E-state index is -0.166. The van der Waals surface area contributed by atoms with Crippen LogP contribution in [0.2, 0.25) is 0 Å². The third-order valence-corrected chi connectivity index (χ3v) is 2.76. The lowest BCUT2D eigenvalue weighted by Gasteiger charge is -2.20. The number of carbonyl (C=O) groups is 1. The topological polar surface area (TPSA) is 45.2 Å². The first-order chi connectivity index (χ1) is 8.04. The van der Waals surface area contributed by atoms with Crippen LogP contribution in [-0.2, 0) is 11.3 Å². The fourth-order valence-electron chi connectivity index (χ4n) is 1.56. The SMILES string of the molecule is CCN(C)C(=O)C(C)NCc1cncc(C)c1. The molecule has 1 N–H and O–H groups in total. The highest BCUT2D eigenvalue weighted by Gasteiger charge is 2.15. The zero-order chi connectivity index (χ0) is 12.8. The summed E-state index contributed by atoms with van der Waals surface area (Å²) in [6.45, 7) is 7.26. The van der Waals surface area contributed by atoms with Crippen molar-refractivity contribution >= 4 is 5.91 Å². The summed E-state index contributed by atoms with van der Waals surface area (Å²) in [5.74, 6) is 0.119. The number of carbonyl (C=O) groups excluding carboxylic acids is 1. The van der Waals surface area contributed by atoms with Crippen molar-refractivity contribution in [1.29, 1.82) is 0 Å². The number of nitrogens with zero attached hydrogens (tertiary/aromatic N) is 2. The average Bonchev–Trinajstić information content (AvgIpc) is 2.34. The van der Waals surface area contributed by atoms with Gasteiger partial charge in [-0.25, -0.2) is 0 Å². The van der Waals surface area contributed by atoms with Crippen LogP contribution in [0, 0.1) is 6.92 Å². The van der Waals surface area contributed by atoms with Crippen molar-refractivity contribution in [2.24, 2.45) is 0 Å². The maximum Gasteiger partial charge on any atom is 0.239 e. The minimum Gasteiger partial charge on any atom is -0.345 e.